The second-order valence-corrected chi connectivity index (χ2v) is 7.52. The van der Waals surface area contributed by atoms with Crippen LogP contribution in [0.25, 0.3) is 0 Å². The van der Waals surface area contributed by atoms with Gasteiger partial charge in [-0.15, -0.1) is 0 Å². The van der Waals surface area contributed by atoms with Crippen LogP contribution in [0.5, 0.6) is 0 Å². The average molecular weight is 346 g/mol. The minimum absolute atomic E-state index is 0.104. The van der Waals surface area contributed by atoms with Crippen LogP contribution in [0.2, 0.25) is 0 Å². The lowest BCUT2D eigenvalue weighted by Crippen LogP contribution is -2.38. The lowest BCUT2D eigenvalue weighted by atomic mass is 9.89. The molecule has 1 aliphatic heterocycles. The van der Waals surface area contributed by atoms with Crippen LogP contribution < -0.4 is 5.32 Å². The fourth-order valence-corrected chi connectivity index (χ4v) is 3.00. The highest BCUT2D eigenvalue weighted by molar-refractivity contribution is 5.83. The lowest BCUT2D eigenvalue weighted by molar-refractivity contribution is -0.141. The second-order valence-electron chi connectivity index (χ2n) is 7.52. The smallest absolute Gasteiger partial charge is 0.308 e. The molecule has 25 heavy (non-hydrogen) atoms. The molecule has 2 N–H and O–H groups in total. The van der Waals surface area contributed by atoms with Gasteiger partial charge in [-0.2, -0.15) is 0 Å². The van der Waals surface area contributed by atoms with Crippen molar-refractivity contribution in [2.24, 2.45) is 11.3 Å². The Morgan fingerprint density at radius 1 is 1.16 bits per heavy atom. The standard InChI is InChI=1S/C19H26N2O4/c1-19(2,3)18(25)20-10-9-16(22)21-11-14(15(12-21)17(23)24)13-7-5-4-6-8-13/h4-8,14-15H,9-12H2,1-3H3,(H,20,25)(H,23,24)/t14-,15-/m0/s1. The van der Waals surface area contributed by atoms with E-state index in [1.165, 1.54) is 0 Å². The largest absolute Gasteiger partial charge is 0.481 e. The van der Waals surface area contributed by atoms with Crippen LogP contribution in [0.15, 0.2) is 30.3 Å². The molecule has 2 atom stereocenters. The molecule has 0 aliphatic carbocycles. The van der Waals surface area contributed by atoms with Gasteiger partial charge in [0.1, 0.15) is 0 Å². The van der Waals surface area contributed by atoms with Crippen molar-refractivity contribution in [3.05, 3.63) is 35.9 Å². The van der Waals surface area contributed by atoms with E-state index in [2.05, 4.69) is 5.32 Å². The van der Waals surface area contributed by atoms with E-state index in [0.29, 0.717) is 6.54 Å². The van der Waals surface area contributed by atoms with Crippen molar-refractivity contribution in [3.8, 4) is 0 Å². The maximum absolute atomic E-state index is 12.4. The van der Waals surface area contributed by atoms with Crippen LogP contribution in [0.1, 0.15) is 38.7 Å². The molecular formula is C19H26N2O4. The van der Waals surface area contributed by atoms with E-state index in [1.54, 1.807) is 4.90 Å². The molecule has 1 aliphatic rings. The van der Waals surface area contributed by atoms with E-state index in [9.17, 15) is 19.5 Å². The highest BCUT2D eigenvalue weighted by Crippen LogP contribution is 2.33. The number of hydrogen-bond donors (Lipinski definition) is 2. The summed E-state index contributed by atoms with van der Waals surface area (Å²) in [5.41, 5.74) is 0.440. The van der Waals surface area contributed by atoms with Crippen molar-refractivity contribution < 1.29 is 19.5 Å². The van der Waals surface area contributed by atoms with Gasteiger partial charge in [0.05, 0.1) is 5.92 Å². The molecule has 0 unspecified atom stereocenters. The van der Waals surface area contributed by atoms with Crippen molar-refractivity contribution in [3.63, 3.8) is 0 Å². The van der Waals surface area contributed by atoms with Crippen molar-refractivity contribution >= 4 is 17.8 Å². The Kier molecular flexibility index (Phi) is 5.82. The minimum atomic E-state index is -0.884. The first-order valence-electron chi connectivity index (χ1n) is 8.54. The second kappa shape index (κ2) is 7.68. The van der Waals surface area contributed by atoms with Crippen LogP contribution in [-0.2, 0) is 14.4 Å². The maximum atomic E-state index is 12.4. The first-order valence-corrected chi connectivity index (χ1v) is 8.54. The number of carboxylic acid groups (broad SMARTS) is 1. The molecular weight excluding hydrogens is 320 g/mol. The summed E-state index contributed by atoms with van der Waals surface area (Å²) in [6, 6.07) is 9.44. The summed E-state index contributed by atoms with van der Waals surface area (Å²) in [6.07, 6.45) is 0.176. The Balaban J connectivity index is 1.95. The van der Waals surface area contributed by atoms with Gasteiger partial charge in [-0.3, -0.25) is 14.4 Å². The Morgan fingerprint density at radius 2 is 1.80 bits per heavy atom. The van der Waals surface area contributed by atoms with Crippen molar-refractivity contribution in [2.45, 2.75) is 33.1 Å². The average Bonchev–Trinajstić information content (AvgIpc) is 3.00. The monoisotopic (exact) mass is 346 g/mol. The van der Waals surface area contributed by atoms with Gasteiger partial charge in [-0.25, -0.2) is 0 Å². The Hall–Kier alpha value is -2.37. The summed E-state index contributed by atoms with van der Waals surface area (Å²) in [7, 11) is 0. The molecule has 1 fully saturated rings. The van der Waals surface area contributed by atoms with Crippen LogP contribution in [-0.4, -0.2) is 47.4 Å². The molecule has 1 aromatic rings. The van der Waals surface area contributed by atoms with E-state index in [0.717, 1.165) is 5.56 Å². The Bertz CT molecular complexity index is 637. The molecule has 1 heterocycles. The van der Waals surface area contributed by atoms with E-state index in [-0.39, 0.29) is 37.2 Å². The molecule has 1 saturated heterocycles. The van der Waals surface area contributed by atoms with Crippen LogP contribution in [0, 0.1) is 11.3 Å². The first-order chi connectivity index (χ1) is 11.7. The highest BCUT2D eigenvalue weighted by atomic mass is 16.4. The summed E-state index contributed by atoms with van der Waals surface area (Å²) in [6.45, 7) is 6.30. The molecule has 0 saturated carbocycles. The van der Waals surface area contributed by atoms with Gasteiger partial charge in [-0.1, -0.05) is 51.1 Å². The molecule has 6 nitrogen and oxygen atoms in total. The number of nitrogens with zero attached hydrogens (tertiary/aromatic N) is 1. The molecule has 6 heteroatoms. The molecule has 0 bridgehead atoms. The normalized spacial score (nSPS) is 20.4. The quantitative estimate of drug-likeness (QED) is 0.852. The summed E-state index contributed by atoms with van der Waals surface area (Å²) in [5.74, 6) is -1.92. The van der Waals surface area contributed by atoms with E-state index < -0.39 is 17.3 Å². The van der Waals surface area contributed by atoms with Crippen molar-refractivity contribution in [1.29, 1.82) is 0 Å². The third kappa shape index (κ3) is 4.81. The van der Waals surface area contributed by atoms with Gasteiger partial charge in [0, 0.05) is 37.4 Å². The highest BCUT2D eigenvalue weighted by Gasteiger charge is 2.40. The zero-order valence-corrected chi connectivity index (χ0v) is 15.0. The molecule has 136 valence electrons. The Labute approximate surface area is 148 Å². The molecule has 2 rings (SSSR count). The number of benzene rings is 1. The number of amides is 2. The van der Waals surface area contributed by atoms with Crippen LogP contribution in [0.3, 0.4) is 0 Å². The van der Waals surface area contributed by atoms with Gasteiger partial charge >= 0.3 is 5.97 Å². The fraction of sp³-hybridized carbons (Fsp3) is 0.526. The first kappa shape index (κ1) is 19.0. The summed E-state index contributed by atoms with van der Waals surface area (Å²) in [4.78, 5) is 37.4. The zero-order chi connectivity index (χ0) is 18.6. The van der Waals surface area contributed by atoms with Gasteiger partial charge in [0.15, 0.2) is 0 Å². The summed E-state index contributed by atoms with van der Waals surface area (Å²) in [5, 5.41) is 12.2. The van der Waals surface area contributed by atoms with Gasteiger partial charge in [0.25, 0.3) is 0 Å². The maximum Gasteiger partial charge on any atom is 0.308 e. The van der Waals surface area contributed by atoms with Crippen molar-refractivity contribution in [2.75, 3.05) is 19.6 Å². The number of carbonyl (C=O) groups is 3. The van der Waals surface area contributed by atoms with E-state index >= 15 is 0 Å². The number of carbonyl (C=O) groups excluding carboxylic acids is 2. The molecule has 0 aromatic heterocycles. The van der Waals surface area contributed by atoms with Gasteiger partial charge < -0.3 is 15.3 Å². The molecule has 2 amide bonds. The minimum Gasteiger partial charge on any atom is -0.481 e. The number of hydrogen-bond acceptors (Lipinski definition) is 3. The van der Waals surface area contributed by atoms with E-state index in [4.69, 9.17) is 0 Å². The molecule has 1 aromatic carbocycles. The van der Waals surface area contributed by atoms with Crippen LogP contribution >= 0.6 is 0 Å². The van der Waals surface area contributed by atoms with Crippen LogP contribution in [0.4, 0.5) is 0 Å². The van der Waals surface area contributed by atoms with Gasteiger partial charge in [-0.05, 0) is 5.56 Å². The van der Waals surface area contributed by atoms with E-state index in [1.807, 2.05) is 51.1 Å². The third-order valence-electron chi connectivity index (χ3n) is 4.52. The fourth-order valence-electron chi connectivity index (χ4n) is 3.00. The number of carboxylic acids is 1. The SMILES string of the molecule is CC(C)(C)C(=O)NCCC(=O)N1C[C@H](C(=O)O)[C@H](c2ccccc2)C1. The Morgan fingerprint density at radius 3 is 2.36 bits per heavy atom. The lowest BCUT2D eigenvalue weighted by Gasteiger charge is -2.19. The predicted molar refractivity (Wildman–Crippen MR) is 94.0 cm³/mol. The number of likely N-dealkylation sites (tertiary alicyclic amines) is 1. The summed E-state index contributed by atoms with van der Waals surface area (Å²) < 4.78 is 0. The predicted octanol–water partition coefficient (Wildman–Crippen LogP) is 1.87. The number of nitrogens with one attached hydrogen (secondary N) is 1. The zero-order valence-electron chi connectivity index (χ0n) is 15.0. The summed E-state index contributed by atoms with van der Waals surface area (Å²) >= 11 is 0. The number of aliphatic carboxylic acids is 1. The molecule has 0 spiro atoms. The molecule has 0 radical (unpaired) electrons. The van der Waals surface area contributed by atoms with Crippen molar-refractivity contribution in [1.82, 2.24) is 10.2 Å². The topological polar surface area (TPSA) is 86.7 Å². The van der Waals surface area contributed by atoms with Gasteiger partial charge in [0.2, 0.25) is 11.8 Å². The third-order valence-corrected chi connectivity index (χ3v) is 4.52. The number of rotatable bonds is 5.